The van der Waals surface area contributed by atoms with Crippen LogP contribution in [0.3, 0.4) is 0 Å². The van der Waals surface area contributed by atoms with Crippen LogP contribution in [0, 0.1) is 0 Å². The standard InChI is InChI=1S/C10H16N2O4/c1-15-6-7(5-13)12-10(14)9-3-2-8(4-11)16-9/h2-3,7,13H,4-6,11H2,1H3,(H,12,14). The van der Waals surface area contributed by atoms with Crippen LogP contribution in [0.25, 0.3) is 0 Å². The number of nitrogens with one attached hydrogen (secondary N) is 1. The van der Waals surface area contributed by atoms with Gasteiger partial charge in [-0.3, -0.25) is 4.79 Å². The van der Waals surface area contributed by atoms with Gasteiger partial charge in [0, 0.05) is 7.11 Å². The third-order valence-electron chi connectivity index (χ3n) is 2.01. The second kappa shape index (κ2) is 6.26. The average molecular weight is 228 g/mol. The zero-order valence-electron chi connectivity index (χ0n) is 9.10. The number of rotatable bonds is 6. The van der Waals surface area contributed by atoms with E-state index in [2.05, 4.69) is 5.32 Å². The molecule has 1 heterocycles. The number of aliphatic hydroxyl groups is 1. The summed E-state index contributed by atoms with van der Waals surface area (Å²) in [7, 11) is 1.49. The highest BCUT2D eigenvalue weighted by molar-refractivity contribution is 5.91. The number of amides is 1. The average Bonchev–Trinajstić information content (AvgIpc) is 2.76. The number of hydrogen-bond acceptors (Lipinski definition) is 5. The van der Waals surface area contributed by atoms with Crippen LogP contribution in [0.1, 0.15) is 16.3 Å². The van der Waals surface area contributed by atoms with Gasteiger partial charge < -0.3 is 25.3 Å². The predicted molar refractivity (Wildman–Crippen MR) is 56.8 cm³/mol. The molecule has 0 aliphatic rings. The highest BCUT2D eigenvalue weighted by atomic mass is 16.5. The fourth-order valence-electron chi connectivity index (χ4n) is 1.21. The first kappa shape index (κ1) is 12.7. The Morgan fingerprint density at radius 3 is 2.94 bits per heavy atom. The predicted octanol–water partition coefficient (Wildman–Crippen LogP) is -0.525. The fourth-order valence-corrected chi connectivity index (χ4v) is 1.21. The van der Waals surface area contributed by atoms with Crippen LogP contribution in [-0.4, -0.2) is 37.4 Å². The lowest BCUT2D eigenvalue weighted by atomic mass is 10.3. The number of methoxy groups -OCH3 is 1. The van der Waals surface area contributed by atoms with Crippen molar-refractivity contribution in [2.75, 3.05) is 20.3 Å². The Kier molecular flexibility index (Phi) is 4.97. The lowest BCUT2D eigenvalue weighted by Crippen LogP contribution is -2.40. The molecule has 6 heteroatoms. The van der Waals surface area contributed by atoms with E-state index in [0.29, 0.717) is 5.76 Å². The van der Waals surface area contributed by atoms with E-state index in [-0.39, 0.29) is 25.5 Å². The number of furan rings is 1. The number of carbonyl (C=O) groups excluding carboxylic acids is 1. The number of ether oxygens (including phenoxy) is 1. The molecule has 1 amide bonds. The minimum absolute atomic E-state index is 0.176. The molecule has 0 aromatic carbocycles. The van der Waals surface area contributed by atoms with E-state index < -0.39 is 11.9 Å². The normalized spacial score (nSPS) is 12.4. The largest absolute Gasteiger partial charge is 0.455 e. The molecule has 1 unspecified atom stereocenters. The minimum atomic E-state index is -0.441. The molecule has 1 atom stereocenters. The summed E-state index contributed by atoms with van der Waals surface area (Å²) >= 11 is 0. The lowest BCUT2D eigenvalue weighted by molar-refractivity contribution is 0.0812. The molecule has 0 bridgehead atoms. The van der Waals surface area contributed by atoms with Crippen molar-refractivity contribution in [1.82, 2.24) is 5.32 Å². The summed E-state index contributed by atoms with van der Waals surface area (Å²) in [5, 5.41) is 11.5. The molecule has 4 N–H and O–H groups in total. The summed E-state index contributed by atoms with van der Waals surface area (Å²) in [5.74, 6) is 0.322. The van der Waals surface area contributed by atoms with E-state index in [1.807, 2.05) is 0 Å². The van der Waals surface area contributed by atoms with Crippen LogP contribution in [0.15, 0.2) is 16.5 Å². The van der Waals surface area contributed by atoms with Gasteiger partial charge in [-0.05, 0) is 12.1 Å². The SMILES string of the molecule is COCC(CO)NC(=O)c1ccc(CN)o1. The van der Waals surface area contributed by atoms with E-state index in [4.69, 9.17) is 20.0 Å². The van der Waals surface area contributed by atoms with Gasteiger partial charge in [-0.2, -0.15) is 0 Å². The van der Waals surface area contributed by atoms with Crippen LogP contribution < -0.4 is 11.1 Å². The summed E-state index contributed by atoms with van der Waals surface area (Å²) in [6.07, 6.45) is 0. The first-order valence-electron chi connectivity index (χ1n) is 4.90. The van der Waals surface area contributed by atoms with Crippen molar-refractivity contribution in [2.24, 2.45) is 5.73 Å². The van der Waals surface area contributed by atoms with Gasteiger partial charge in [0.05, 0.1) is 25.8 Å². The Hall–Kier alpha value is -1.37. The first-order valence-corrected chi connectivity index (χ1v) is 4.90. The molecule has 0 saturated carbocycles. The van der Waals surface area contributed by atoms with Crippen molar-refractivity contribution in [1.29, 1.82) is 0 Å². The summed E-state index contributed by atoms with van der Waals surface area (Å²) in [6.45, 7) is 0.297. The number of nitrogens with two attached hydrogens (primary N) is 1. The van der Waals surface area contributed by atoms with Crippen LogP contribution in [0.5, 0.6) is 0 Å². The third kappa shape index (κ3) is 3.34. The highest BCUT2D eigenvalue weighted by Crippen LogP contribution is 2.07. The molecule has 0 aliphatic heterocycles. The second-order valence-corrected chi connectivity index (χ2v) is 3.28. The smallest absolute Gasteiger partial charge is 0.287 e. The maximum Gasteiger partial charge on any atom is 0.287 e. The summed E-state index contributed by atoms with van der Waals surface area (Å²) in [4.78, 5) is 11.6. The number of carbonyl (C=O) groups is 1. The van der Waals surface area contributed by atoms with Gasteiger partial charge in [0.15, 0.2) is 5.76 Å². The van der Waals surface area contributed by atoms with E-state index in [9.17, 15) is 4.79 Å². The summed E-state index contributed by atoms with van der Waals surface area (Å²) < 4.78 is 9.99. The van der Waals surface area contributed by atoms with Crippen molar-refractivity contribution in [3.63, 3.8) is 0 Å². The molecule has 90 valence electrons. The Bertz CT molecular complexity index is 337. The fraction of sp³-hybridized carbons (Fsp3) is 0.500. The van der Waals surface area contributed by atoms with Gasteiger partial charge in [0.25, 0.3) is 5.91 Å². The molecule has 0 fully saturated rings. The van der Waals surface area contributed by atoms with Crippen LogP contribution in [-0.2, 0) is 11.3 Å². The Morgan fingerprint density at radius 1 is 1.69 bits per heavy atom. The summed E-state index contributed by atoms with van der Waals surface area (Å²) in [6, 6.07) is 2.74. The van der Waals surface area contributed by atoms with E-state index in [1.54, 1.807) is 12.1 Å². The van der Waals surface area contributed by atoms with Crippen LogP contribution >= 0.6 is 0 Å². The zero-order chi connectivity index (χ0) is 12.0. The maximum absolute atomic E-state index is 11.6. The van der Waals surface area contributed by atoms with Crippen molar-refractivity contribution in [3.8, 4) is 0 Å². The minimum Gasteiger partial charge on any atom is -0.455 e. The summed E-state index contributed by atoms with van der Waals surface area (Å²) in [5.41, 5.74) is 5.35. The molecule has 0 radical (unpaired) electrons. The third-order valence-corrected chi connectivity index (χ3v) is 2.01. The molecule has 16 heavy (non-hydrogen) atoms. The van der Waals surface area contributed by atoms with Gasteiger partial charge in [-0.1, -0.05) is 0 Å². The molecule has 1 aromatic rings. The van der Waals surface area contributed by atoms with Crippen LogP contribution in [0.4, 0.5) is 0 Å². The molecule has 6 nitrogen and oxygen atoms in total. The molecule has 1 rings (SSSR count). The molecule has 0 spiro atoms. The monoisotopic (exact) mass is 228 g/mol. The zero-order valence-corrected chi connectivity index (χ0v) is 9.10. The van der Waals surface area contributed by atoms with Gasteiger partial charge in [-0.25, -0.2) is 0 Å². The Morgan fingerprint density at radius 2 is 2.44 bits per heavy atom. The van der Waals surface area contributed by atoms with Gasteiger partial charge >= 0.3 is 0 Å². The molecule has 0 saturated heterocycles. The second-order valence-electron chi connectivity index (χ2n) is 3.28. The molecular formula is C10H16N2O4. The van der Waals surface area contributed by atoms with Gasteiger partial charge in [0.1, 0.15) is 5.76 Å². The first-order chi connectivity index (χ1) is 7.71. The molecule has 1 aromatic heterocycles. The molecule has 0 aliphatic carbocycles. The maximum atomic E-state index is 11.6. The van der Waals surface area contributed by atoms with Crippen molar-refractivity contribution in [3.05, 3.63) is 23.7 Å². The van der Waals surface area contributed by atoms with Gasteiger partial charge in [-0.15, -0.1) is 0 Å². The van der Waals surface area contributed by atoms with Crippen LogP contribution in [0.2, 0.25) is 0 Å². The van der Waals surface area contributed by atoms with Crippen molar-refractivity contribution >= 4 is 5.91 Å². The van der Waals surface area contributed by atoms with Crippen molar-refractivity contribution in [2.45, 2.75) is 12.6 Å². The Labute approximate surface area is 93.4 Å². The lowest BCUT2D eigenvalue weighted by Gasteiger charge is -2.13. The number of hydrogen-bond donors (Lipinski definition) is 3. The van der Waals surface area contributed by atoms with E-state index >= 15 is 0 Å². The number of aliphatic hydroxyl groups excluding tert-OH is 1. The quantitative estimate of drug-likeness (QED) is 0.608. The Balaban J connectivity index is 2.56. The van der Waals surface area contributed by atoms with Gasteiger partial charge in [0.2, 0.25) is 0 Å². The van der Waals surface area contributed by atoms with E-state index in [0.717, 1.165) is 0 Å². The molecular weight excluding hydrogens is 212 g/mol. The topological polar surface area (TPSA) is 97.7 Å². The highest BCUT2D eigenvalue weighted by Gasteiger charge is 2.15. The van der Waals surface area contributed by atoms with Crippen molar-refractivity contribution < 1.29 is 19.1 Å². The van der Waals surface area contributed by atoms with E-state index in [1.165, 1.54) is 7.11 Å².